The van der Waals surface area contributed by atoms with E-state index in [1.54, 1.807) is 25.1 Å². The first kappa shape index (κ1) is 24.5. The number of carbonyl (C=O) groups excluding carboxylic acids is 3. The Balaban J connectivity index is 1.58. The van der Waals surface area contributed by atoms with Crippen LogP contribution >= 0.6 is 15.9 Å². The van der Waals surface area contributed by atoms with Crippen LogP contribution in [0.5, 0.6) is 5.75 Å². The molecular weight excluding hydrogens is 532 g/mol. The average molecular weight is 555 g/mol. The van der Waals surface area contributed by atoms with Crippen molar-refractivity contribution >= 4 is 56.3 Å². The highest BCUT2D eigenvalue weighted by atomic mass is 79.9. The molecule has 0 aliphatic carbocycles. The summed E-state index contributed by atoms with van der Waals surface area (Å²) in [5.74, 6) is -0.925. The fourth-order valence-electron chi connectivity index (χ4n) is 4.29. The number of halogens is 1. The summed E-state index contributed by atoms with van der Waals surface area (Å²) in [5, 5.41) is 4.06. The predicted molar refractivity (Wildman–Crippen MR) is 147 cm³/mol. The molecule has 0 atom stereocenters. The zero-order valence-corrected chi connectivity index (χ0v) is 21.8. The number of nitrogens with one attached hydrogen (secondary N) is 1. The Bertz CT molecular complexity index is 1590. The number of fused-ring (bicyclic) bond motifs is 1. The first-order chi connectivity index (χ1) is 17.8. The molecule has 0 spiro atoms. The van der Waals surface area contributed by atoms with Crippen LogP contribution in [-0.4, -0.2) is 17.8 Å². The number of benzene rings is 4. The quantitative estimate of drug-likeness (QED) is 0.227. The molecule has 7 heteroatoms. The van der Waals surface area contributed by atoms with Gasteiger partial charge in [0, 0.05) is 10.0 Å². The number of urea groups is 1. The Morgan fingerprint density at radius 2 is 1.68 bits per heavy atom. The number of barbiturate groups is 1. The maximum atomic E-state index is 13.6. The number of anilines is 1. The highest BCUT2D eigenvalue weighted by Crippen LogP contribution is 2.33. The van der Waals surface area contributed by atoms with Crippen molar-refractivity contribution < 1.29 is 19.1 Å². The van der Waals surface area contributed by atoms with Gasteiger partial charge in [0.2, 0.25) is 0 Å². The normalized spacial score (nSPS) is 14.8. The Morgan fingerprint density at radius 3 is 2.43 bits per heavy atom. The zero-order valence-electron chi connectivity index (χ0n) is 20.2. The van der Waals surface area contributed by atoms with E-state index in [9.17, 15) is 14.4 Å². The summed E-state index contributed by atoms with van der Waals surface area (Å²) in [6.45, 7) is 4.13. The standard InChI is InChI=1S/C30H23BrN2O4/c1-18-7-9-20(10-8-18)17-37-27-14-11-21-5-3-4-6-23(21)24(27)16-25-28(34)32-30(36)33(29(25)35)26-13-12-22(31)15-19(26)2/h3-16H,17H2,1-2H3,(H,32,34,36)/b25-16-. The molecule has 4 amide bonds. The molecule has 6 nitrogen and oxygen atoms in total. The van der Waals surface area contributed by atoms with Crippen molar-refractivity contribution in [1.29, 1.82) is 0 Å². The van der Waals surface area contributed by atoms with Gasteiger partial charge in [-0.2, -0.15) is 0 Å². The van der Waals surface area contributed by atoms with Gasteiger partial charge in [-0.1, -0.05) is 76.1 Å². The molecular formula is C30H23BrN2O4. The number of ether oxygens (including phenoxy) is 1. The van der Waals surface area contributed by atoms with Gasteiger partial charge in [0.25, 0.3) is 11.8 Å². The van der Waals surface area contributed by atoms with Gasteiger partial charge in [-0.05, 0) is 66.1 Å². The number of carbonyl (C=O) groups is 3. The van der Waals surface area contributed by atoms with Crippen LogP contribution in [0.25, 0.3) is 16.8 Å². The molecule has 37 heavy (non-hydrogen) atoms. The van der Waals surface area contributed by atoms with E-state index in [1.165, 1.54) is 6.08 Å². The van der Waals surface area contributed by atoms with Crippen LogP contribution in [-0.2, 0) is 16.2 Å². The SMILES string of the molecule is Cc1ccc(COc2ccc3ccccc3c2/C=C2/C(=O)NC(=O)N(c3ccc(Br)cc3C)C2=O)cc1. The molecule has 0 bridgehead atoms. The Morgan fingerprint density at radius 1 is 0.919 bits per heavy atom. The number of rotatable bonds is 5. The minimum atomic E-state index is -0.786. The molecule has 1 heterocycles. The molecule has 1 aliphatic rings. The Labute approximate surface area is 222 Å². The van der Waals surface area contributed by atoms with Gasteiger partial charge < -0.3 is 4.74 Å². The third-order valence-corrected chi connectivity index (χ3v) is 6.73. The lowest BCUT2D eigenvalue weighted by Gasteiger charge is -2.27. The van der Waals surface area contributed by atoms with E-state index in [-0.39, 0.29) is 5.57 Å². The summed E-state index contributed by atoms with van der Waals surface area (Å²) in [4.78, 5) is 40.2. The summed E-state index contributed by atoms with van der Waals surface area (Å²) in [6, 6.07) is 23.9. The largest absolute Gasteiger partial charge is 0.488 e. The molecule has 4 aromatic carbocycles. The summed E-state index contributed by atoms with van der Waals surface area (Å²) in [7, 11) is 0. The maximum absolute atomic E-state index is 13.6. The summed E-state index contributed by atoms with van der Waals surface area (Å²) in [6.07, 6.45) is 1.51. The Kier molecular flexibility index (Phi) is 6.63. The van der Waals surface area contributed by atoms with E-state index >= 15 is 0 Å². The van der Waals surface area contributed by atoms with E-state index in [0.717, 1.165) is 31.3 Å². The van der Waals surface area contributed by atoms with Crippen LogP contribution in [0.4, 0.5) is 10.5 Å². The Hall–Kier alpha value is -4.23. The van der Waals surface area contributed by atoms with Crippen LogP contribution in [0.2, 0.25) is 0 Å². The maximum Gasteiger partial charge on any atom is 0.335 e. The van der Waals surface area contributed by atoms with Crippen molar-refractivity contribution in [2.24, 2.45) is 0 Å². The first-order valence-electron chi connectivity index (χ1n) is 11.7. The number of hydrogen-bond acceptors (Lipinski definition) is 4. The van der Waals surface area contributed by atoms with E-state index in [2.05, 4.69) is 21.2 Å². The number of imide groups is 2. The highest BCUT2D eigenvalue weighted by molar-refractivity contribution is 9.10. The third kappa shape index (κ3) is 4.90. The molecule has 5 rings (SSSR count). The fraction of sp³-hybridized carbons (Fsp3) is 0.100. The molecule has 0 saturated carbocycles. The van der Waals surface area contributed by atoms with Crippen LogP contribution in [0.1, 0.15) is 22.3 Å². The smallest absolute Gasteiger partial charge is 0.335 e. The van der Waals surface area contributed by atoms with Crippen molar-refractivity contribution in [2.45, 2.75) is 20.5 Å². The van der Waals surface area contributed by atoms with E-state index in [1.807, 2.05) is 67.6 Å². The minimum Gasteiger partial charge on any atom is -0.488 e. The summed E-state index contributed by atoms with van der Waals surface area (Å²) in [5.41, 5.74) is 3.69. The van der Waals surface area contributed by atoms with E-state index in [4.69, 9.17) is 4.74 Å². The van der Waals surface area contributed by atoms with E-state index < -0.39 is 17.8 Å². The van der Waals surface area contributed by atoms with Gasteiger partial charge in [-0.15, -0.1) is 0 Å². The van der Waals surface area contributed by atoms with Crippen molar-refractivity contribution in [3.8, 4) is 5.75 Å². The third-order valence-electron chi connectivity index (χ3n) is 6.24. The second-order valence-electron chi connectivity index (χ2n) is 8.86. The van der Waals surface area contributed by atoms with Crippen molar-refractivity contribution in [3.63, 3.8) is 0 Å². The van der Waals surface area contributed by atoms with Gasteiger partial charge in [0.1, 0.15) is 17.9 Å². The molecule has 1 saturated heterocycles. The molecule has 184 valence electrons. The van der Waals surface area contributed by atoms with Crippen LogP contribution < -0.4 is 15.0 Å². The van der Waals surface area contributed by atoms with Gasteiger partial charge in [-0.3, -0.25) is 14.9 Å². The topological polar surface area (TPSA) is 75.7 Å². The highest BCUT2D eigenvalue weighted by Gasteiger charge is 2.37. The van der Waals surface area contributed by atoms with Crippen molar-refractivity contribution in [2.75, 3.05) is 4.90 Å². The minimum absolute atomic E-state index is 0.154. The molecule has 1 fully saturated rings. The van der Waals surface area contributed by atoms with Crippen LogP contribution in [0.15, 0.2) is 88.9 Å². The second kappa shape index (κ2) is 10.0. The number of nitrogens with zero attached hydrogens (tertiary/aromatic N) is 1. The number of aryl methyl sites for hydroxylation is 2. The summed E-state index contributed by atoms with van der Waals surface area (Å²) >= 11 is 3.40. The zero-order chi connectivity index (χ0) is 26.1. The molecule has 0 aromatic heterocycles. The number of amides is 4. The molecule has 1 aliphatic heterocycles. The molecule has 0 unspecified atom stereocenters. The van der Waals surface area contributed by atoms with Gasteiger partial charge in [0.05, 0.1) is 5.69 Å². The molecule has 4 aromatic rings. The molecule has 1 N–H and O–H groups in total. The van der Waals surface area contributed by atoms with Gasteiger partial charge in [-0.25, -0.2) is 9.69 Å². The van der Waals surface area contributed by atoms with Crippen LogP contribution in [0, 0.1) is 13.8 Å². The molecule has 0 radical (unpaired) electrons. The first-order valence-corrected chi connectivity index (χ1v) is 12.5. The monoisotopic (exact) mass is 554 g/mol. The fourth-order valence-corrected chi connectivity index (χ4v) is 4.76. The van der Waals surface area contributed by atoms with E-state index in [0.29, 0.717) is 29.2 Å². The van der Waals surface area contributed by atoms with Gasteiger partial charge >= 0.3 is 6.03 Å². The summed E-state index contributed by atoms with van der Waals surface area (Å²) < 4.78 is 6.99. The lowest BCUT2D eigenvalue weighted by atomic mass is 9.99. The lowest BCUT2D eigenvalue weighted by molar-refractivity contribution is -0.122. The lowest BCUT2D eigenvalue weighted by Crippen LogP contribution is -2.54. The van der Waals surface area contributed by atoms with Crippen molar-refractivity contribution in [1.82, 2.24) is 5.32 Å². The number of hydrogen-bond donors (Lipinski definition) is 1. The van der Waals surface area contributed by atoms with Crippen molar-refractivity contribution in [3.05, 3.63) is 111 Å². The predicted octanol–water partition coefficient (Wildman–Crippen LogP) is 6.46. The average Bonchev–Trinajstić information content (AvgIpc) is 2.87. The van der Waals surface area contributed by atoms with Gasteiger partial charge in [0.15, 0.2) is 0 Å². The second-order valence-corrected chi connectivity index (χ2v) is 9.78. The van der Waals surface area contributed by atoms with Crippen LogP contribution in [0.3, 0.4) is 0 Å².